The maximum absolute atomic E-state index is 5.37. The second kappa shape index (κ2) is 4.23. The van der Waals surface area contributed by atoms with Crippen molar-refractivity contribution in [3.63, 3.8) is 0 Å². The third-order valence-corrected chi connectivity index (χ3v) is 2.90. The minimum atomic E-state index is 0.381. The highest BCUT2D eigenvalue weighted by atomic mass is 16.5. The van der Waals surface area contributed by atoms with Gasteiger partial charge in [0.05, 0.1) is 25.0 Å². The van der Waals surface area contributed by atoms with E-state index < -0.39 is 0 Å². The molecule has 84 valence electrons. The number of nitrogens with zero attached hydrogens (tertiary/aromatic N) is 2. The van der Waals surface area contributed by atoms with Gasteiger partial charge in [-0.2, -0.15) is 5.10 Å². The molecule has 4 nitrogen and oxygen atoms in total. The van der Waals surface area contributed by atoms with E-state index in [1.807, 2.05) is 6.20 Å². The molecule has 1 aromatic heterocycles. The van der Waals surface area contributed by atoms with Crippen LogP contribution in [0.15, 0.2) is 6.20 Å². The van der Waals surface area contributed by atoms with Gasteiger partial charge in [0.2, 0.25) is 0 Å². The molecule has 15 heavy (non-hydrogen) atoms. The molecule has 0 amide bonds. The van der Waals surface area contributed by atoms with Crippen LogP contribution in [0.2, 0.25) is 0 Å². The van der Waals surface area contributed by atoms with E-state index in [4.69, 9.17) is 4.74 Å². The van der Waals surface area contributed by atoms with E-state index in [1.54, 1.807) is 7.11 Å². The second-order valence-corrected chi connectivity index (χ2v) is 4.29. The van der Waals surface area contributed by atoms with Gasteiger partial charge in [-0.15, -0.1) is 0 Å². The van der Waals surface area contributed by atoms with Gasteiger partial charge in [0.25, 0.3) is 0 Å². The van der Waals surface area contributed by atoms with Crippen molar-refractivity contribution in [1.82, 2.24) is 15.1 Å². The zero-order chi connectivity index (χ0) is 10.8. The summed E-state index contributed by atoms with van der Waals surface area (Å²) in [7, 11) is 1.71. The first kappa shape index (κ1) is 10.5. The van der Waals surface area contributed by atoms with E-state index in [1.165, 1.54) is 18.5 Å². The topological polar surface area (TPSA) is 39.1 Å². The van der Waals surface area contributed by atoms with Crippen LogP contribution >= 0.6 is 0 Å². The van der Waals surface area contributed by atoms with E-state index in [2.05, 4.69) is 28.9 Å². The first-order chi connectivity index (χ1) is 7.24. The fraction of sp³-hybridized carbons (Fsp3) is 0.727. The van der Waals surface area contributed by atoms with Crippen molar-refractivity contribution in [2.45, 2.75) is 38.8 Å². The minimum Gasteiger partial charge on any atom is -0.493 e. The molecule has 1 saturated heterocycles. The first-order valence-corrected chi connectivity index (χ1v) is 5.58. The molecule has 1 fully saturated rings. The van der Waals surface area contributed by atoms with Crippen molar-refractivity contribution >= 4 is 0 Å². The predicted octanol–water partition coefficient (Wildman–Crippen LogP) is 1.90. The molecule has 4 heteroatoms. The van der Waals surface area contributed by atoms with Crippen molar-refractivity contribution in [2.75, 3.05) is 13.7 Å². The van der Waals surface area contributed by atoms with E-state index in [0.29, 0.717) is 12.1 Å². The van der Waals surface area contributed by atoms with Crippen LogP contribution in [-0.4, -0.2) is 23.4 Å². The van der Waals surface area contributed by atoms with Gasteiger partial charge in [0.1, 0.15) is 0 Å². The van der Waals surface area contributed by atoms with Crippen LogP contribution in [0.3, 0.4) is 0 Å². The standard InChI is InChI=1S/C11H19N3O/c1-8(2)14-11(9-5-4-6-12-9)10(15-3)7-13-14/h7-9,12H,4-6H2,1-3H3. The highest BCUT2D eigenvalue weighted by molar-refractivity contribution is 5.29. The zero-order valence-corrected chi connectivity index (χ0v) is 9.66. The summed E-state index contributed by atoms with van der Waals surface area (Å²) >= 11 is 0. The average Bonchev–Trinajstić information content (AvgIpc) is 2.85. The lowest BCUT2D eigenvalue weighted by atomic mass is 10.1. The van der Waals surface area contributed by atoms with E-state index in [9.17, 15) is 0 Å². The third-order valence-electron chi connectivity index (χ3n) is 2.90. The summed E-state index contributed by atoms with van der Waals surface area (Å²) in [4.78, 5) is 0. The summed E-state index contributed by atoms with van der Waals surface area (Å²) < 4.78 is 7.42. The second-order valence-electron chi connectivity index (χ2n) is 4.29. The van der Waals surface area contributed by atoms with E-state index in [0.717, 1.165) is 12.3 Å². The maximum atomic E-state index is 5.37. The van der Waals surface area contributed by atoms with E-state index in [-0.39, 0.29) is 0 Å². The molecule has 0 aliphatic carbocycles. The van der Waals surface area contributed by atoms with Gasteiger partial charge in [-0.1, -0.05) is 0 Å². The van der Waals surface area contributed by atoms with Crippen LogP contribution in [0, 0.1) is 0 Å². The molecule has 2 heterocycles. The number of aromatic nitrogens is 2. The van der Waals surface area contributed by atoms with Gasteiger partial charge in [-0.25, -0.2) is 0 Å². The lowest BCUT2D eigenvalue weighted by Crippen LogP contribution is -2.19. The summed E-state index contributed by atoms with van der Waals surface area (Å²) in [5.74, 6) is 0.906. The summed E-state index contributed by atoms with van der Waals surface area (Å²) in [6.45, 7) is 5.38. The molecule has 2 rings (SSSR count). The highest BCUT2D eigenvalue weighted by Crippen LogP contribution is 2.32. The van der Waals surface area contributed by atoms with Crippen molar-refractivity contribution < 1.29 is 4.74 Å². The molecule has 1 unspecified atom stereocenters. The Morgan fingerprint density at radius 3 is 2.93 bits per heavy atom. The molecule has 0 aromatic carbocycles. The van der Waals surface area contributed by atoms with Crippen LogP contribution in [0.1, 0.15) is 44.5 Å². The molecule has 1 N–H and O–H groups in total. The molecule has 1 aliphatic heterocycles. The van der Waals surface area contributed by atoms with Gasteiger partial charge < -0.3 is 10.1 Å². The SMILES string of the molecule is COc1cnn(C(C)C)c1C1CCCN1. The molecular weight excluding hydrogens is 190 g/mol. The van der Waals surface area contributed by atoms with Gasteiger partial charge in [0, 0.05) is 6.04 Å². The number of nitrogens with one attached hydrogen (secondary N) is 1. The van der Waals surface area contributed by atoms with Crippen molar-refractivity contribution in [3.8, 4) is 5.75 Å². The molecule has 1 aliphatic rings. The number of methoxy groups -OCH3 is 1. The molecule has 1 atom stereocenters. The fourth-order valence-electron chi connectivity index (χ4n) is 2.17. The number of rotatable bonds is 3. The number of hydrogen-bond donors (Lipinski definition) is 1. The van der Waals surface area contributed by atoms with Gasteiger partial charge in [-0.3, -0.25) is 4.68 Å². The van der Waals surface area contributed by atoms with E-state index >= 15 is 0 Å². The smallest absolute Gasteiger partial charge is 0.161 e. The minimum absolute atomic E-state index is 0.381. The summed E-state index contributed by atoms with van der Waals surface area (Å²) in [5.41, 5.74) is 1.20. The van der Waals surface area contributed by atoms with Crippen molar-refractivity contribution in [1.29, 1.82) is 0 Å². The van der Waals surface area contributed by atoms with Crippen LogP contribution < -0.4 is 10.1 Å². The van der Waals surface area contributed by atoms with Crippen molar-refractivity contribution in [3.05, 3.63) is 11.9 Å². The van der Waals surface area contributed by atoms with Gasteiger partial charge in [-0.05, 0) is 33.2 Å². The molecule has 0 radical (unpaired) electrons. The Morgan fingerprint density at radius 2 is 2.40 bits per heavy atom. The summed E-state index contributed by atoms with van der Waals surface area (Å²) in [5, 5.41) is 7.87. The Labute approximate surface area is 90.6 Å². The molecule has 0 saturated carbocycles. The van der Waals surface area contributed by atoms with Crippen LogP contribution in [-0.2, 0) is 0 Å². The molecule has 0 bridgehead atoms. The molecule has 1 aromatic rings. The molecular formula is C11H19N3O. The van der Waals surface area contributed by atoms with Crippen LogP contribution in [0.4, 0.5) is 0 Å². The van der Waals surface area contributed by atoms with Crippen LogP contribution in [0.25, 0.3) is 0 Å². The van der Waals surface area contributed by atoms with Crippen LogP contribution in [0.5, 0.6) is 5.75 Å². The third kappa shape index (κ3) is 1.86. The highest BCUT2D eigenvalue weighted by Gasteiger charge is 2.25. The Hall–Kier alpha value is -1.03. The Balaban J connectivity index is 2.35. The lowest BCUT2D eigenvalue weighted by molar-refractivity contribution is 0.392. The van der Waals surface area contributed by atoms with Gasteiger partial charge in [0.15, 0.2) is 5.75 Å². The maximum Gasteiger partial charge on any atom is 0.161 e. The largest absolute Gasteiger partial charge is 0.493 e. The van der Waals surface area contributed by atoms with Crippen molar-refractivity contribution in [2.24, 2.45) is 0 Å². The van der Waals surface area contributed by atoms with Gasteiger partial charge >= 0.3 is 0 Å². The Kier molecular flexibility index (Phi) is 2.95. The number of hydrogen-bond acceptors (Lipinski definition) is 3. The normalized spacial score (nSPS) is 21.2. The predicted molar refractivity (Wildman–Crippen MR) is 59.1 cm³/mol. The zero-order valence-electron chi connectivity index (χ0n) is 9.66. The first-order valence-electron chi connectivity index (χ1n) is 5.58. The average molecular weight is 209 g/mol. The lowest BCUT2D eigenvalue weighted by Gasteiger charge is -2.17. The molecule has 0 spiro atoms. The monoisotopic (exact) mass is 209 g/mol. The number of ether oxygens (including phenoxy) is 1. The quantitative estimate of drug-likeness (QED) is 0.826. The Bertz CT molecular complexity index is 327. The fourth-order valence-corrected chi connectivity index (χ4v) is 2.17. The summed E-state index contributed by atoms with van der Waals surface area (Å²) in [6.07, 6.45) is 4.22. The summed E-state index contributed by atoms with van der Waals surface area (Å²) in [6, 6.07) is 0.788. The Morgan fingerprint density at radius 1 is 1.60 bits per heavy atom.